The molecule has 0 amide bonds. The summed E-state index contributed by atoms with van der Waals surface area (Å²) in [6.45, 7) is 3.97. The molecule has 0 aromatic heterocycles. The first-order chi connectivity index (χ1) is 10.0. The Bertz CT molecular complexity index is 549. The van der Waals surface area contributed by atoms with Gasteiger partial charge in [-0.1, -0.05) is 24.1 Å². The van der Waals surface area contributed by atoms with Crippen LogP contribution in [0.25, 0.3) is 0 Å². The summed E-state index contributed by atoms with van der Waals surface area (Å²) in [5.41, 5.74) is 1.17. The van der Waals surface area contributed by atoms with E-state index >= 15 is 0 Å². The van der Waals surface area contributed by atoms with Crippen molar-refractivity contribution in [2.45, 2.75) is 24.7 Å². The average Bonchev–Trinajstić information content (AvgIpc) is 2.38. The van der Waals surface area contributed by atoms with E-state index < -0.39 is 11.4 Å². The van der Waals surface area contributed by atoms with Crippen molar-refractivity contribution in [1.29, 1.82) is 0 Å². The molecule has 5 heteroatoms. The van der Waals surface area contributed by atoms with E-state index in [4.69, 9.17) is 11.6 Å². The number of hydrogen-bond donors (Lipinski definition) is 1. The summed E-state index contributed by atoms with van der Waals surface area (Å²) >= 11 is 6.44. The molecule has 1 aliphatic carbocycles. The van der Waals surface area contributed by atoms with Gasteiger partial charge < -0.3 is 14.9 Å². The fourth-order valence-corrected chi connectivity index (χ4v) is 3.56. The zero-order valence-corrected chi connectivity index (χ0v) is 13.1. The molecule has 2 fully saturated rings. The van der Waals surface area contributed by atoms with Gasteiger partial charge >= 0.3 is 5.97 Å². The molecule has 1 saturated heterocycles. The zero-order valence-electron chi connectivity index (χ0n) is 12.3. The van der Waals surface area contributed by atoms with E-state index in [9.17, 15) is 9.90 Å². The highest BCUT2D eigenvalue weighted by molar-refractivity contribution is 6.33. The molecule has 0 radical (unpaired) electrons. The second kappa shape index (κ2) is 5.50. The van der Waals surface area contributed by atoms with E-state index in [0.29, 0.717) is 17.9 Å². The Kier molecular flexibility index (Phi) is 3.84. The summed E-state index contributed by atoms with van der Waals surface area (Å²) in [5.74, 6) is -0.725. The van der Waals surface area contributed by atoms with E-state index in [2.05, 4.69) is 16.8 Å². The summed E-state index contributed by atoms with van der Waals surface area (Å²) in [7, 11) is 2.12. The van der Waals surface area contributed by atoms with Crippen LogP contribution in [0.3, 0.4) is 0 Å². The summed E-state index contributed by atoms with van der Waals surface area (Å²) in [6.07, 6.45) is 2.41. The minimum absolute atomic E-state index is 0.671. The van der Waals surface area contributed by atoms with Gasteiger partial charge in [-0.05, 0) is 37.6 Å². The van der Waals surface area contributed by atoms with Crippen molar-refractivity contribution in [3.8, 4) is 0 Å². The Balaban J connectivity index is 1.85. The van der Waals surface area contributed by atoms with E-state index in [1.54, 1.807) is 0 Å². The molecule has 0 spiro atoms. The highest BCUT2D eigenvalue weighted by Crippen LogP contribution is 2.45. The molecule has 114 valence electrons. The van der Waals surface area contributed by atoms with Crippen LogP contribution in [0, 0.1) is 0 Å². The van der Waals surface area contributed by atoms with Gasteiger partial charge in [0.05, 0.1) is 16.1 Å². The number of piperazine rings is 1. The number of benzene rings is 1. The van der Waals surface area contributed by atoms with Gasteiger partial charge in [-0.25, -0.2) is 0 Å². The molecule has 1 heterocycles. The molecule has 1 aliphatic heterocycles. The van der Waals surface area contributed by atoms with Gasteiger partial charge in [-0.3, -0.25) is 4.79 Å². The quantitative estimate of drug-likeness (QED) is 0.932. The van der Waals surface area contributed by atoms with Crippen LogP contribution in [-0.2, 0) is 10.2 Å². The fraction of sp³-hybridized carbons (Fsp3) is 0.562. The number of halogens is 1. The minimum atomic E-state index is -0.725. The maximum Gasteiger partial charge on any atom is 0.314 e. The van der Waals surface area contributed by atoms with Crippen LogP contribution in [0.2, 0.25) is 5.02 Å². The molecule has 1 N–H and O–H groups in total. The highest BCUT2D eigenvalue weighted by atomic mass is 35.5. The lowest BCUT2D eigenvalue weighted by atomic mass is 9.64. The second-order valence-electron chi connectivity index (χ2n) is 6.20. The molecule has 4 nitrogen and oxygen atoms in total. The van der Waals surface area contributed by atoms with Crippen LogP contribution in [0.4, 0.5) is 5.69 Å². The average molecular weight is 309 g/mol. The van der Waals surface area contributed by atoms with E-state index in [0.717, 1.165) is 43.9 Å². The van der Waals surface area contributed by atoms with Crippen LogP contribution < -0.4 is 4.90 Å². The molecule has 0 bridgehead atoms. The third kappa shape index (κ3) is 2.51. The number of carboxylic acid groups (broad SMARTS) is 1. The highest BCUT2D eigenvalue weighted by Gasteiger charge is 2.46. The van der Waals surface area contributed by atoms with Gasteiger partial charge in [-0.15, -0.1) is 0 Å². The Labute approximate surface area is 130 Å². The number of anilines is 1. The lowest BCUT2D eigenvalue weighted by molar-refractivity contribution is -0.147. The summed E-state index contributed by atoms with van der Waals surface area (Å²) in [6, 6.07) is 5.81. The summed E-state index contributed by atoms with van der Waals surface area (Å²) < 4.78 is 0. The van der Waals surface area contributed by atoms with Crippen LogP contribution in [0.5, 0.6) is 0 Å². The molecule has 21 heavy (non-hydrogen) atoms. The van der Waals surface area contributed by atoms with Crippen molar-refractivity contribution in [3.63, 3.8) is 0 Å². The molecule has 0 atom stereocenters. The minimum Gasteiger partial charge on any atom is -0.481 e. The molecular weight excluding hydrogens is 288 g/mol. The van der Waals surface area contributed by atoms with Crippen LogP contribution in [-0.4, -0.2) is 49.2 Å². The fourth-order valence-electron chi connectivity index (χ4n) is 3.26. The zero-order chi connectivity index (χ0) is 15.0. The van der Waals surface area contributed by atoms with Crippen molar-refractivity contribution in [1.82, 2.24) is 4.90 Å². The normalized spacial score (nSPS) is 21.9. The Morgan fingerprint density at radius 1 is 1.24 bits per heavy atom. The maximum absolute atomic E-state index is 11.6. The standard InChI is InChI=1S/C16H21ClN2O2/c1-18-7-9-19(10-8-18)14-4-3-12(11-13(14)17)16(15(20)21)5-2-6-16/h3-4,11H,2,5-10H2,1H3,(H,20,21). The molecule has 1 saturated carbocycles. The predicted molar refractivity (Wildman–Crippen MR) is 84.3 cm³/mol. The molecule has 3 rings (SSSR count). The van der Waals surface area contributed by atoms with Gasteiger partial charge in [0.25, 0.3) is 0 Å². The van der Waals surface area contributed by atoms with E-state index in [1.807, 2.05) is 18.2 Å². The summed E-state index contributed by atoms with van der Waals surface area (Å²) in [4.78, 5) is 16.2. The van der Waals surface area contributed by atoms with Crippen LogP contribution in [0.1, 0.15) is 24.8 Å². The smallest absolute Gasteiger partial charge is 0.314 e. The Morgan fingerprint density at radius 2 is 1.90 bits per heavy atom. The molecule has 1 aromatic carbocycles. The van der Waals surface area contributed by atoms with Gasteiger partial charge in [-0.2, -0.15) is 0 Å². The Hall–Kier alpha value is -1.26. The third-order valence-corrected chi connectivity index (χ3v) is 5.26. The van der Waals surface area contributed by atoms with E-state index in [-0.39, 0.29) is 0 Å². The van der Waals surface area contributed by atoms with Crippen molar-refractivity contribution >= 4 is 23.3 Å². The topological polar surface area (TPSA) is 43.8 Å². The number of hydrogen-bond acceptors (Lipinski definition) is 3. The SMILES string of the molecule is CN1CCN(c2ccc(C3(C(=O)O)CCC3)cc2Cl)CC1. The number of carboxylic acids is 1. The number of nitrogens with zero attached hydrogens (tertiary/aromatic N) is 2. The first kappa shape index (κ1) is 14.7. The first-order valence-electron chi connectivity index (χ1n) is 7.50. The van der Waals surface area contributed by atoms with Crippen molar-refractivity contribution < 1.29 is 9.90 Å². The van der Waals surface area contributed by atoms with Gasteiger partial charge in [0, 0.05) is 26.2 Å². The van der Waals surface area contributed by atoms with Crippen LogP contribution in [0.15, 0.2) is 18.2 Å². The first-order valence-corrected chi connectivity index (χ1v) is 7.88. The van der Waals surface area contributed by atoms with Gasteiger partial charge in [0.1, 0.15) is 0 Å². The largest absolute Gasteiger partial charge is 0.481 e. The van der Waals surface area contributed by atoms with E-state index in [1.165, 1.54) is 0 Å². The van der Waals surface area contributed by atoms with Crippen molar-refractivity contribution in [2.24, 2.45) is 0 Å². The second-order valence-corrected chi connectivity index (χ2v) is 6.60. The number of carbonyl (C=O) groups is 1. The monoisotopic (exact) mass is 308 g/mol. The number of likely N-dealkylation sites (N-methyl/N-ethyl adjacent to an activating group) is 1. The lowest BCUT2D eigenvalue weighted by Gasteiger charge is -2.39. The van der Waals surface area contributed by atoms with Crippen molar-refractivity contribution in [2.75, 3.05) is 38.1 Å². The Morgan fingerprint density at radius 3 is 2.38 bits per heavy atom. The summed E-state index contributed by atoms with van der Waals surface area (Å²) in [5, 5.41) is 10.2. The molecule has 1 aromatic rings. The number of rotatable bonds is 3. The molecule has 2 aliphatic rings. The molecule has 0 unspecified atom stereocenters. The predicted octanol–water partition coefficient (Wildman–Crippen LogP) is 2.60. The maximum atomic E-state index is 11.6. The van der Waals surface area contributed by atoms with Crippen molar-refractivity contribution in [3.05, 3.63) is 28.8 Å². The van der Waals surface area contributed by atoms with Gasteiger partial charge in [0.15, 0.2) is 0 Å². The lowest BCUT2D eigenvalue weighted by Crippen LogP contribution is -2.45. The third-order valence-electron chi connectivity index (χ3n) is 4.96. The number of aliphatic carboxylic acids is 1. The van der Waals surface area contributed by atoms with Crippen LogP contribution >= 0.6 is 11.6 Å². The van der Waals surface area contributed by atoms with Gasteiger partial charge in [0.2, 0.25) is 0 Å². The molecular formula is C16H21ClN2O2.